The maximum Gasteiger partial charge on any atom is 0.242 e. The number of anilines is 1. The van der Waals surface area contributed by atoms with Gasteiger partial charge in [0.05, 0.1) is 11.6 Å². The van der Waals surface area contributed by atoms with E-state index in [9.17, 15) is 0 Å². The minimum atomic E-state index is 0.581. The molecular weight excluding hydrogens is 252 g/mol. The molecule has 2 rings (SSSR count). The molecule has 1 aromatic heterocycles. The second-order valence-electron chi connectivity index (χ2n) is 3.80. The first-order chi connectivity index (χ1) is 8.69. The van der Waals surface area contributed by atoms with Crippen LogP contribution in [0, 0.1) is 6.92 Å². The van der Waals surface area contributed by atoms with Crippen molar-refractivity contribution in [2.75, 3.05) is 11.9 Å². The van der Waals surface area contributed by atoms with E-state index in [1.807, 2.05) is 32.0 Å². The Balaban J connectivity index is 1.99. The van der Waals surface area contributed by atoms with Crippen molar-refractivity contribution in [3.05, 3.63) is 34.6 Å². The number of nitrogens with one attached hydrogen (secondary N) is 2. The van der Waals surface area contributed by atoms with Gasteiger partial charge in [-0.15, -0.1) is 5.10 Å². The Bertz CT molecular complexity index is 527. The maximum absolute atomic E-state index is 6.10. The molecular formula is C12H15ClN4O. The van der Waals surface area contributed by atoms with E-state index in [1.54, 1.807) is 0 Å². The molecule has 1 heterocycles. The molecule has 0 radical (unpaired) electrons. The Morgan fingerprint density at radius 1 is 1.44 bits per heavy atom. The van der Waals surface area contributed by atoms with Crippen molar-refractivity contribution in [3.8, 4) is 5.75 Å². The molecule has 0 aliphatic rings. The second-order valence-corrected chi connectivity index (χ2v) is 4.20. The smallest absolute Gasteiger partial charge is 0.242 e. The van der Waals surface area contributed by atoms with Gasteiger partial charge in [0.1, 0.15) is 11.6 Å². The summed E-state index contributed by atoms with van der Waals surface area (Å²) in [6.45, 7) is 5.00. The molecule has 0 aliphatic heterocycles. The lowest BCUT2D eigenvalue weighted by Gasteiger charge is -2.08. The summed E-state index contributed by atoms with van der Waals surface area (Å²) in [6, 6.07) is 5.70. The highest BCUT2D eigenvalue weighted by molar-refractivity contribution is 6.32. The van der Waals surface area contributed by atoms with E-state index >= 15 is 0 Å². The highest BCUT2D eigenvalue weighted by Crippen LogP contribution is 2.25. The van der Waals surface area contributed by atoms with E-state index in [0.29, 0.717) is 29.9 Å². The van der Waals surface area contributed by atoms with Crippen LogP contribution in [0.4, 0.5) is 5.95 Å². The van der Waals surface area contributed by atoms with Gasteiger partial charge in [-0.3, -0.25) is 5.10 Å². The van der Waals surface area contributed by atoms with Crippen LogP contribution in [0.25, 0.3) is 0 Å². The van der Waals surface area contributed by atoms with Crippen LogP contribution in [-0.2, 0) is 6.54 Å². The summed E-state index contributed by atoms with van der Waals surface area (Å²) in [7, 11) is 0. The summed E-state index contributed by atoms with van der Waals surface area (Å²) in [5, 5.41) is 10.5. The third-order valence-corrected chi connectivity index (χ3v) is 2.64. The van der Waals surface area contributed by atoms with Gasteiger partial charge >= 0.3 is 0 Å². The van der Waals surface area contributed by atoms with E-state index in [1.165, 1.54) is 0 Å². The van der Waals surface area contributed by atoms with Gasteiger partial charge in [0.25, 0.3) is 0 Å². The number of nitrogens with zero attached hydrogens (tertiary/aromatic N) is 2. The normalized spacial score (nSPS) is 10.4. The molecule has 0 fully saturated rings. The molecule has 18 heavy (non-hydrogen) atoms. The van der Waals surface area contributed by atoms with Gasteiger partial charge in [-0.05, 0) is 31.5 Å². The van der Waals surface area contributed by atoms with E-state index < -0.39 is 0 Å². The lowest BCUT2D eigenvalue weighted by molar-refractivity contribution is 0.340. The van der Waals surface area contributed by atoms with Gasteiger partial charge in [0, 0.05) is 6.54 Å². The summed E-state index contributed by atoms with van der Waals surface area (Å²) >= 11 is 6.10. The minimum Gasteiger partial charge on any atom is -0.492 e. The van der Waals surface area contributed by atoms with Crippen molar-refractivity contribution in [1.82, 2.24) is 15.2 Å². The molecule has 0 saturated heterocycles. The molecule has 0 amide bonds. The molecule has 2 aromatic rings. The summed E-state index contributed by atoms with van der Waals surface area (Å²) in [5.74, 6) is 2.07. The Morgan fingerprint density at radius 2 is 2.28 bits per heavy atom. The van der Waals surface area contributed by atoms with Crippen molar-refractivity contribution in [2.24, 2.45) is 0 Å². The third-order valence-electron chi connectivity index (χ3n) is 2.34. The maximum atomic E-state index is 6.10. The summed E-state index contributed by atoms with van der Waals surface area (Å²) in [6.07, 6.45) is 0. The molecule has 0 spiro atoms. The summed E-state index contributed by atoms with van der Waals surface area (Å²) < 4.78 is 5.38. The first kappa shape index (κ1) is 12.7. The van der Waals surface area contributed by atoms with Crippen LogP contribution in [0.1, 0.15) is 18.3 Å². The van der Waals surface area contributed by atoms with E-state index in [2.05, 4.69) is 20.5 Å². The number of benzene rings is 1. The molecule has 0 saturated carbocycles. The zero-order valence-electron chi connectivity index (χ0n) is 10.3. The van der Waals surface area contributed by atoms with Gasteiger partial charge in [0.2, 0.25) is 5.95 Å². The Kier molecular flexibility index (Phi) is 4.04. The van der Waals surface area contributed by atoms with Crippen LogP contribution in [0.15, 0.2) is 18.2 Å². The summed E-state index contributed by atoms with van der Waals surface area (Å²) in [4.78, 5) is 4.16. The average molecular weight is 267 g/mol. The van der Waals surface area contributed by atoms with Crippen LogP contribution in [0.5, 0.6) is 5.75 Å². The number of halogens is 1. The highest BCUT2D eigenvalue weighted by Gasteiger charge is 2.04. The average Bonchev–Trinajstić information content (AvgIpc) is 2.76. The SMILES string of the molecule is CCOc1ccc(CNc2n[nH]c(C)n2)cc1Cl. The first-order valence-corrected chi connectivity index (χ1v) is 6.11. The van der Waals surface area contributed by atoms with E-state index in [0.717, 1.165) is 11.4 Å². The fourth-order valence-corrected chi connectivity index (χ4v) is 1.79. The molecule has 6 heteroatoms. The second kappa shape index (κ2) is 5.73. The number of H-pyrrole nitrogens is 1. The Hall–Kier alpha value is -1.75. The lowest BCUT2D eigenvalue weighted by Crippen LogP contribution is -2.01. The number of hydrogen-bond acceptors (Lipinski definition) is 4. The fourth-order valence-electron chi connectivity index (χ4n) is 1.53. The van der Waals surface area contributed by atoms with Crippen LogP contribution >= 0.6 is 11.6 Å². The number of aromatic amines is 1. The number of rotatable bonds is 5. The zero-order valence-corrected chi connectivity index (χ0v) is 11.1. The summed E-state index contributed by atoms with van der Waals surface area (Å²) in [5.41, 5.74) is 1.05. The zero-order chi connectivity index (χ0) is 13.0. The van der Waals surface area contributed by atoms with E-state index in [-0.39, 0.29) is 0 Å². The largest absolute Gasteiger partial charge is 0.492 e. The molecule has 0 aliphatic carbocycles. The van der Waals surface area contributed by atoms with Gasteiger partial charge < -0.3 is 10.1 Å². The van der Waals surface area contributed by atoms with Crippen LogP contribution < -0.4 is 10.1 Å². The van der Waals surface area contributed by atoms with Crippen LogP contribution in [0.2, 0.25) is 5.02 Å². The van der Waals surface area contributed by atoms with Crippen molar-refractivity contribution in [1.29, 1.82) is 0 Å². The number of aryl methyl sites for hydroxylation is 1. The fraction of sp³-hybridized carbons (Fsp3) is 0.333. The minimum absolute atomic E-state index is 0.581. The van der Waals surface area contributed by atoms with Crippen LogP contribution in [0.3, 0.4) is 0 Å². The number of hydrogen-bond donors (Lipinski definition) is 2. The number of ether oxygens (including phenoxy) is 1. The molecule has 5 nitrogen and oxygen atoms in total. The standard InChI is InChI=1S/C12H15ClN4O/c1-3-18-11-5-4-9(6-10(11)13)7-14-12-15-8(2)16-17-12/h4-6H,3,7H2,1-2H3,(H2,14,15,16,17). The molecule has 0 unspecified atom stereocenters. The monoisotopic (exact) mass is 266 g/mol. The van der Waals surface area contributed by atoms with Gasteiger partial charge in [0.15, 0.2) is 0 Å². The van der Waals surface area contributed by atoms with Gasteiger partial charge in [-0.1, -0.05) is 17.7 Å². The molecule has 96 valence electrons. The lowest BCUT2D eigenvalue weighted by atomic mass is 10.2. The first-order valence-electron chi connectivity index (χ1n) is 5.73. The highest BCUT2D eigenvalue weighted by atomic mass is 35.5. The Labute approximate surface area is 111 Å². The molecule has 1 aromatic carbocycles. The quantitative estimate of drug-likeness (QED) is 0.874. The van der Waals surface area contributed by atoms with Gasteiger partial charge in [-0.25, -0.2) is 0 Å². The third kappa shape index (κ3) is 3.13. The van der Waals surface area contributed by atoms with Crippen LogP contribution in [-0.4, -0.2) is 21.8 Å². The predicted octanol–water partition coefficient (Wildman–Crippen LogP) is 2.78. The van der Waals surface area contributed by atoms with Gasteiger partial charge in [-0.2, -0.15) is 4.98 Å². The topological polar surface area (TPSA) is 62.8 Å². The van der Waals surface area contributed by atoms with Crippen molar-refractivity contribution < 1.29 is 4.74 Å². The molecule has 0 bridgehead atoms. The Morgan fingerprint density at radius 3 is 2.89 bits per heavy atom. The number of aromatic nitrogens is 3. The van der Waals surface area contributed by atoms with Crippen molar-refractivity contribution in [3.63, 3.8) is 0 Å². The molecule has 2 N–H and O–H groups in total. The predicted molar refractivity (Wildman–Crippen MR) is 71.1 cm³/mol. The van der Waals surface area contributed by atoms with Crippen molar-refractivity contribution >= 4 is 17.5 Å². The van der Waals surface area contributed by atoms with E-state index in [4.69, 9.17) is 16.3 Å². The van der Waals surface area contributed by atoms with Crippen molar-refractivity contribution in [2.45, 2.75) is 20.4 Å². The molecule has 0 atom stereocenters.